The average molecular weight is 383 g/mol. The molecule has 0 aliphatic heterocycles. The molecule has 0 unspecified atom stereocenters. The Hall–Kier alpha value is -3.17. The lowest BCUT2D eigenvalue weighted by atomic mass is 10.0. The van der Waals surface area contributed by atoms with Crippen LogP contribution >= 0.6 is 11.6 Å². The van der Waals surface area contributed by atoms with Gasteiger partial charge in [-0.25, -0.2) is 0 Å². The number of halogens is 1. The highest BCUT2D eigenvalue weighted by molar-refractivity contribution is 6.32. The second-order valence-corrected chi connectivity index (χ2v) is 6.41. The third kappa shape index (κ3) is 3.55. The maximum atomic E-state index is 9.04. The lowest BCUT2D eigenvalue weighted by molar-refractivity contribution is 0.354. The molecule has 0 saturated carbocycles. The second kappa shape index (κ2) is 7.60. The van der Waals surface area contributed by atoms with Crippen molar-refractivity contribution >= 4 is 17.4 Å². The third-order valence-corrected chi connectivity index (χ3v) is 4.70. The molecule has 0 radical (unpaired) electrons. The Morgan fingerprint density at radius 3 is 2.52 bits per heavy atom. The number of rotatable bonds is 5. The van der Waals surface area contributed by atoms with E-state index in [1.807, 2.05) is 35.9 Å². The minimum atomic E-state index is 0.390. The smallest absolute Gasteiger partial charge is 0.161 e. The molecule has 1 aromatic heterocycles. The van der Waals surface area contributed by atoms with Crippen LogP contribution in [0.4, 0.5) is 5.82 Å². The summed E-state index contributed by atoms with van der Waals surface area (Å²) in [5, 5.41) is 13.9. The standard InChI is InChI=1S/C20H19ClN4O2/c1-12-19(14-5-6-15(10-22)16(21)9-14)20(23)24-25(12)11-13-4-7-17(26-2)18(8-13)27-3/h4-9H,11H2,1-3H3,(H2,23,24). The molecule has 6 nitrogen and oxygen atoms in total. The first-order valence-corrected chi connectivity index (χ1v) is 8.60. The third-order valence-electron chi connectivity index (χ3n) is 4.39. The van der Waals surface area contributed by atoms with E-state index >= 15 is 0 Å². The Kier molecular flexibility index (Phi) is 5.24. The maximum Gasteiger partial charge on any atom is 0.161 e. The largest absolute Gasteiger partial charge is 0.493 e. The van der Waals surface area contributed by atoms with Crippen LogP contribution in [0.1, 0.15) is 16.8 Å². The molecule has 2 N–H and O–H groups in total. The summed E-state index contributed by atoms with van der Waals surface area (Å²) in [7, 11) is 3.20. The van der Waals surface area contributed by atoms with Crippen LogP contribution in [0.3, 0.4) is 0 Å². The molecule has 0 atom stereocenters. The lowest BCUT2D eigenvalue weighted by Gasteiger charge is -2.11. The van der Waals surface area contributed by atoms with Gasteiger partial charge in [-0.15, -0.1) is 0 Å². The molecular formula is C20H19ClN4O2. The fourth-order valence-electron chi connectivity index (χ4n) is 2.99. The summed E-state index contributed by atoms with van der Waals surface area (Å²) in [6.07, 6.45) is 0. The van der Waals surface area contributed by atoms with Crippen molar-refractivity contribution in [2.24, 2.45) is 0 Å². The maximum absolute atomic E-state index is 9.04. The number of nitrogens with two attached hydrogens (primary N) is 1. The number of aromatic nitrogens is 2. The van der Waals surface area contributed by atoms with Gasteiger partial charge in [-0.1, -0.05) is 23.7 Å². The van der Waals surface area contributed by atoms with Crippen LogP contribution in [0, 0.1) is 18.3 Å². The first-order valence-electron chi connectivity index (χ1n) is 8.22. The number of hydrogen-bond donors (Lipinski definition) is 1. The minimum Gasteiger partial charge on any atom is -0.493 e. The molecule has 27 heavy (non-hydrogen) atoms. The fraction of sp³-hybridized carbons (Fsp3) is 0.200. The lowest BCUT2D eigenvalue weighted by Crippen LogP contribution is -2.05. The molecule has 3 rings (SSSR count). The number of anilines is 1. The van der Waals surface area contributed by atoms with Gasteiger partial charge in [-0.3, -0.25) is 4.68 Å². The van der Waals surface area contributed by atoms with E-state index in [1.165, 1.54) is 0 Å². The molecule has 0 spiro atoms. The van der Waals surface area contributed by atoms with Gasteiger partial charge in [0.05, 0.1) is 31.4 Å². The molecule has 138 valence electrons. The van der Waals surface area contributed by atoms with Crippen LogP contribution in [0.15, 0.2) is 36.4 Å². The number of methoxy groups -OCH3 is 2. The van der Waals surface area contributed by atoms with E-state index in [-0.39, 0.29) is 0 Å². The predicted octanol–water partition coefficient (Wildman–Crippen LogP) is 4.03. The molecule has 2 aromatic carbocycles. The van der Waals surface area contributed by atoms with Gasteiger partial charge < -0.3 is 15.2 Å². The van der Waals surface area contributed by atoms with Crippen molar-refractivity contribution in [3.63, 3.8) is 0 Å². The van der Waals surface area contributed by atoms with E-state index in [9.17, 15) is 0 Å². The molecule has 0 amide bonds. The van der Waals surface area contributed by atoms with Crippen molar-refractivity contribution in [2.75, 3.05) is 20.0 Å². The number of nitrogen functional groups attached to an aromatic ring is 1. The summed E-state index contributed by atoms with van der Waals surface area (Å²) in [5.74, 6) is 1.74. The van der Waals surface area contributed by atoms with Crippen LogP contribution in [-0.4, -0.2) is 24.0 Å². The van der Waals surface area contributed by atoms with Crippen molar-refractivity contribution in [3.05, 3.63) is 58.2 Å². The topological polar surface area (TPSA) is 86.1 Å². The summed E-state index contributed by atoms with van der Waals surface area (Å²) < 4.78 is 12.5. The zero-order chi connectivity index (χ0) is 19.6. The monoisotopic (exact) mass is 382 g/mol. The highest BCUT2D eigenvalue weighted by Gasteiger charge is 2.16. The van der Waals surface area contributed by atoms with Gasteiger partial charge in [0.25, 0.3) is 0 Å². The van der Waals surface area contributed by atoms with E-state index in [1.54, 1.807) is 26.4 Å². The summed E-state index contributed by atoms with van der Waals surface area (Å²) in [5.41, 5.74) is 10.1. The van der Waals surface area contributed by atoms with Gasteiger partial charge in [0.15, 0.2) is 17.3 Å². The van der Waals surface area contributed by atoms with Crippen molar-refractivity contribution in [3.8, 4) is 28.7 Å². The predicted molar refractivity (Wildman–Crippen MR) is 105 cm³/mol. The SMILES string of the molecule is COc1ccc(Cn2nc(N)c(-c3ccc(C#N)c(Cl)c3)c2C)cc1OC. The highest BCUT2D eigenvalue weighted by atomic mass is 35.5. The molecule has 3 aromatic rings. The van der Waals surface area contributed by atoms with Gasteiger partial charge in [-0.05, 0) is 42.3 Å². The second-order valence-electron chi connectivity index (χ2n) is 6.00. The van der Waals surface area contributed by atoms with Crippen LogP contribution in [-0.2, 0) is 6.54 Å². The summed E-state index contributed by atoms with van der Waals surface area (Å²) in [6.45, 7) is 2.48. The van der Waals surface area contributed by atoms with E-state index < -0.39 is 0 Å². The molecule has 0 bridgehead atoms. The highest BCUT2D eigenvalue weighted by Crippen LogP contribution is 2.33. The quantitative estimate of drug-likeness (QED) is 0.719. The van der Waals surface area contributed by atoms with Gasteiger partial charge in [0.2, 0.25) is 0 Å². The zero-order valence-corrected chi connectivity index (χ0v) is 16.0. The van der Waals surface area contributed by atoms with Crippen LogP contribution < -0.4 is 15.2 Å². The molecule has 0 fully saturated rings. The van der Waals surface area contributed by atoms with Crippen molar-refractivity contribution in [1.29, 1.82) is 5.26 Å². The number of ether oxygens (including phenoxy) is 2. The van der Waals surface area contributed by atoms with Gasteiger partial charge in [0.1, 0.15) is 6.07 Å². The Labute approximate surface area is 162 Å². The Morgan fingerprint density at radius 1 is 1.15 bits per heavy atom. The molecule has 7 heteroatoms. The van der Waals surface area contributed by atoms with E-state index in [0.29, 0.717) is 34.4 Å². The number of nitrogens with zero attached hydrogens (tertiary/aromatic N) is 3. The van der Waals surface area contributed by atoms with Gasteiger partial charge >= 0.3 is 0 Å². The Morgan fingerprint density at radius 2 is 1.89 bits per heavy atom. The summed E-state index contributed by atoms with van der Waals surface area (Å²) >= 11 is 6.17. The Bertz CT molecular complexity index is 1040. The molecular weight excluding hydrogens is 364 g/mol. The minimum absolute atomic E-state index is 0.390. The van der Waals surface area contributed by atoms with E-state index in [4.69, 9.17) is 32.1 Å². The normalized spacial score (nSPS) is 10.5. The van der Waals surface area contributed by atoms with Gasteiger partial charge in [0, 0.05) is 11.3 Å². The number of benzene rings is 2. The molecule has 1 heterocycles. The summed E-state index contributed by atoms with van der Waals surface area (Å²) in [4.78, 5) is 0. The molecule has 0 aliphatic rings. The first kappa shape index (κ1) is 18.6. The van der Waals surface area contributed by atoms with Crippen molar-refractivity contribution in [2.45, 2.75) is 13.5 Å². The number of hydrogen-bond acceptors (Lipinski definition) is 5. The Balaban J connectivity index is 1.97. The fourth-order valence-corrected chi connectivity index (χ4v) is 3.22. The van der Waals surface area contributed by atoms with Crippen molar-refractivity contribution in [1.82, 2.24) is 9.78 Å². The summed E-state index contributed by atoms with van der Waals surface area (Å²) in [6, 6.07) is 13.0. The van der Waals surface area contributed by atoms with Crippen molar-refractivity contribution < 1.29 is 9.47 Å². The zero-order valence-electron chi connectivity index (χ0n) is 15.3. The number of nitriles is 1. The van der Waals surface area contributed by atoms with Gasteiger partial charge in [-0.2, -0.15) is 10.4 Å². The molecule has 0 aliphatic carbocycles. The average Bonchev–Trinajstić information content (AvgIpc) is 2.94. The molecule has 0 saturated heterocycles. The van der Waals surface area contributed by atoms with Crippen LogP contribution in [0.5, 0.6) is 11.5 Å². The van der Waals surface area contributed by atoms with Crippen LogP contribution in [0.25, 0.3) is 11.1 Å². The van der Waals surface area contributed by atoms with Crippen LogP contribution in [0.2, 0.25) is 5.02 Å². The first-order chi connectivity index (χ1) is 13.0. The van der Waals surface area contributed by atoms with E-state index in [0.717, 1.165) is 22.4 Å². The van der Waals surface area contributed by atoms with E-state index in [2.05, 4.69) is 11.2 Å².